The van der Waals surface area contributed by atoms with Crippen molar-refractivity contribution in [1.29, 1.82) is 0 Å². The van der Waals surface area contributed by atoms with Gasteiger partial charge in [-0.3, -0.25) is 4.79 Å². The normalized spacial score (nSPS) is 20.8. The van der Waals surface area contributed by atoms with Gasteiger partial charge in [-0.15, -0.1) is 0 Å². The molecule has 0 aromatic rings. The van der Waals surface area contributed by atoms with E-state index < -0.39 is 17.7 Å². The van der Waals surface area contributed by atoms with Crippen LogP contribution in [-0.4, -0.2) is 27.9 Å². The molecule has 0 saturated heterocycles. The van der Waals surface area contributed by atoms with Gasteiger partial charge >= 0.3 is 0 Å². The Morgan fingerprint density at radius 3 is 2.38 bits per heavy atom. The van der Waals surface area contributed by atoms with Gasteiger partial charge in [-0.2, -0.15) is 0 Å². The van der Waals surface area contributed by atoms with Gasteiger partial charge in [0.25, 0.3) is 11.7 Å². The lowest BCUT2D eigenvalue weighted by atomic mass is 9.79. The van der Waals surface area contributed by atoms with E-state index in [0.29, 0.717) is 12.3 Å². The lowest BCUT2D eigenvalue weighted by molar-refractivity contribution is -0.191. The lowest BCUT2D eigenvalue weighted by Crippen LogP contribution is -2.57. The van der Waals surface area contributed by atoms with Gasteiger partial charge in [0.05, 0.1) is 6.04 Å². The molecule has 5 heteroatoms. The van der Waals surface area contributed by atoms with Gasteiger partial charge in [0.15, 0.2) is 0 Å². The Morgan fingerprint density at radius 2 is 2.08 bits per heavy atom. The summed E-state index contributed by atoms with van der Waals surface area (Å²) in [7, 11) is 0. The smallest absolute Gasteiger partial charge is 0.279 e. The van der Waals surface area contributed by atoms with Gasteiger partial charge in [0.2, 0.25) is 0 Å². The summed E-state index contributed by atoms with van der Waals surface area (Å²) >= 11 is 0. The molecule has 6 N–H and O–H groups in total. The molecule has 1 unspecified atom stereocenters. The third-order valence-corrected chi connectivity index (χ3v) is 2.69. The number of nitrogens with two attached hydrogens (primary N) is 2. The van der Waals surface area contributed by atoms with E-state index in [0.717, 1.165) is 19.3 Å². The molecule has 1 fully saturated rings. The summed E-state index contributed by atoms with van der Waals surface area (Å²) in [6, 6.07) is -0.977. The van der Waals surface area contributed by atoms with Crippen molar-refractivity contribution in [2.45, 2.75) is 37.5 Å². The van der Waals surface area contributed by atoms with Crippen molar-refractivity contribution < 1.29 is 15.0 Å². The standard InChI is InChI=1S/C8H16N2O3/c9-6(4-5-2-1-3-5)8(12,13)7(10)11/h5-6,12-13H,1-4,9H2,(H2,10,11). The molecule has 0 heterocycles. The van der Waals surface area contributed by atoms with E-state index in [2.05, 4.69) is 0 Å². The minimum atomic E-state index is -2.56. The number of rotatable bonds is 4. The SMILES string of the molecule is NC(=O)C(O)(O)C(N)CC1CCC1. The molecule has 0 radical (unpaired) electrons. The van der Waals surface area contributed by atoms with Crippen LogP contribution in [0.15, 0.2) is 0 Å². The predicted molar refractivity (Wildman–Crippen MR) is 46.3 cm³/mol. The van der Waals surface area contributed by atoms with E-state index in [1.807, 2.05) is 0 Å². The third-order valence-electron chi connectivity index (χ3n) is 2.69. The Bertz CT molecular complexity index is 202. The van der Waals surface area contributed by atoms with Crippen LogP contribution in [0.25, 0.3) is 0 Å². The number of carbonyl (C=O) groups is 1. The fraction of sp³-hybridized carbons (Fsp3) is 0.875. The van der Waals surface area contributed by atoms with Crippen molar-refractivity contribution in [3.8, 4) is 0 Å². The fourth-order valence-corrected chi connectivity index (χ4v) is 1.43. The molecule has 0 aromatic heterocycles. The molecule has 13 heavy (non-hydrogen) atoms. The molecular weight excluding hydrogens is 172 g/mol. The van der Waals surface area contributed by atoms with E-state index in [9.17, 15) is 15.0 Å². The second-order valence-electron chi connectivity index (χ2n) is 3.73. The number of hydrogen-bond acceptors (Lipinski definition) is 4. The number of hydrogen-bond donors (Lipinski definition) is 4. The molecular formula is C8H16N2O3. The summed E-state index contributed by atoms with van der Waals surface area (Å²) in [4.78, 5) is 10.6. The molecule has 0 spiro atoms. The first-order chi connectivity index (χ1) is 5.94. The Balaban J connectivity index is 2.44. The van der Waals surface area contributed by atoms with Crippen molar-refractivity contribution in [3.63, 3.8) is 0 Å². The van der Waals surface area contributed by atoms with E-state index >= 15 is 0 Å². The molecule has 1 amide bonds. The molecule has 0 aromatic carbocycles. The maximum absolute atomic E-state index is 10.6. The maximum atomic E-state index is 10.6. The number of aliphatic hydroxyl groups is 2. The largest absolute Gasteiger partial charge is 0.365 e. The highest BCUT2D eigenvalue weighted by Gasteiger charge is 2.40. The molecule has 0 aliphatic heterocycles. The van der Waals surface area contributed by atoms with Crippen molar-refractivity contribution >= 4 is 5.91 Å². The molecule has 1 aliphatic carbocycles. The zero-order chi connectivity index (χ0) is 10.1. The Morgan fingerprint density at radius 1 is 1.54 bits per heavy atom. The highest BCUT2D eigenvalue weighted by Crippen LogP contribution is 2.31. The zero-order valence-corrected chi connectivity index (χ0v) is 7.44. The first-order valence-electron chi connectivity index (χ1n) is 4.45. The quantitative estimate of drug-likeness (QED) is 0.410. The van der Waals surface area contributed by atoms with Crippen molar-refractivity contribution in [2.75, 3.05) is 0 Å². The summed E-state index contributed by atoms with van der Waals surface area (Å²) in [5, 5.41) is 18.4. The van der Waals surface area contributed by atoms with Gasteiger partial charge in [-0.1, -0.05) is 19.3 Å². The van der Waals surface area contributed by atoms with Crippen LogP contribution in [0.3, 0.4) is 0 Å². The predicted octanol–water partition coefficient (Wildman–Crippen LogP) is -1.33. The van der Waals surface area contributed by atoms with Crippen molar-refractivity contribution in [3.05, 3.63) is 0 Å². The minimum Gasteiger partial charge on any atom is -0.365 e. The van der Waals surface area contributed by atoms with Crippen molar-refractivity contribution in [1.82, 2.24) is 0 Å². The van der Waals surface area contributed by atoms with E-state index in [1.165, 1.54) is 0 Å². The van der Waals surface area contributed by atoms with E-state index in [1.54, 1.807) is 0 Å². The number of carbonyl (C=O) groups excluding carboxylic acids is 1. The number of amides is 1. The summed E-state index contributed by atoms with van der Waals surface area (Å²) in [6.07, 6.45) is 3.68. The third kappa shape index (κ3) is 2.18. The van der Waals surface area contributed by atoms with Crippen LogP contribution in [0.2, 0.25) is 0 Å². The first-order valence-corrected chi connectivity index (χ1v) is 4.45. The van der Waals surface area contributed by atoms with Gasteiger partial charge in [-0.25, -0.2) is 0 Å². The Labute approximate surface area is 76.7 Å². The van der Waals surface area contributed by atoms with Crippen LogP contribution in [0.5, 0.6) is 0 Å². The molecule has 1 rings (SSSR count). The average molecular weight is 188 g/mol. The van der Waals surface area contributed by atoms with Crippen LogP contribution in [0.1, 0.15) is 25.7 Å². The van der Waals surface area contributed by atoms with Crippen LogP contribution in [0.4, 0.5) is 0 Å². The topological polar surface area (TPSA) is 110 Å². The second kappa shape index (κ2) is 3.61. The fourth-order valence-electron chi connectivity index (χ4n) is 1.43. The maximum Gasteiger partial charge on any atom is 0.279 e. The monoisotopic (exact) mass is 188 g/mol. The van der Waals surface area contributed by atoms with Gasteiger partial charge in [0, 0.05) is 0 Å². The Kier molecular flexibility index (Phi) is 2.90. The van der Waals surface area contributed by atoms with E-state index in [-0.39, 0.29) is 0 Å². The van der Waals surface area contributed by atoms with Crippen LogP contribution >= 0.6 is 0 Å². The molecule has 0 bridgehead atoms. The molecule has 5 nitrogen and oxygen atoms in total. The Hall–Kier alpha value is -0.650. The van der Waals surface area contributed by atoms with Crippen LogP contribution < -0.4 is 11.5 Å². The molecule has 1 atom stereocenters. The van der Waals surface area contributed by atoms with Gasteiger partial charge < -0.3 is 21.7 Å². The number of primary amides is 1. The summed E-state index contributed by atoms with van der Waals surface area (Å²) in [5.74, 6) is -3.33. The molecule has 1 aliphatic rings. The minimum absolute atomic E-state index is 0.410. The lowest BCUT2D eigenvalue weighted by Gasteiger charge is -2.32. The zero-order valence-electron chi connectivity index (χ0n) is 7.44. The van der Waals surface area contributed by atoms with Gasteiger partial charge in [0.1, 0.15) is 0 Å². The molecule has 76 valence electrons. The van der Waals surface area contributed by atoms with Gasteiger partial charge in [-0.05, 0) is 12.3 Å². The van der Waals surface area contributed by atoms with Crippen LogP contribution in [-0.2, 0) is 4.79 Å². The first kappa shape index (κ1) is 10.4. The second-order valence-corrected chi connectivity index (χ2v) is 3.73. The summed E-state index contributed by atoms with van der Waals surface area (Å²) in [5.41, 5.74) is 10.2. The average Bonchev–Trinajstić information content (AvgIpc) is 1.95. The van der Waals surface area contributed by atoms with E-state index in [4.69, 9.17) is 11.5 Å². The summed E-state index contributed by atoms with van der Waals surface area (Å²) < 4.78 is 0. The summed E-state index contributed by atoms with van der Waals surface area (Å²) in [6.45, 7) is 0. The molecule has 1 saturated carbocycles. The highest BCUT2D eigenvalue weighted by atomic mass is 16.5. The highest BCUT2D eigenvalue weighted by molar-refractivity contribution is 5.82. The van der Waals surface area contributed by atoms with Crippen LogP contribution in [0, 0.1) is 5.92 Å². The van der Waals surface area contributed by atoms with Crippen molar-refractivity contribution in [2.24, 2.45) is 17.4 Å².